The number of anilines is 1. The Hall–Kier alpha value is -3.47. The summed E-state index contributed by atoms with van der Waals surface area (Å²) < 4.78 is 39.8. The molecular formula is C22H20F3N5O2S. The monoisotopic (exact) mass is 475 g/mol. The average Bonchev–Trinajstić information content (AvgIpc) is 2.80. The van der Waals surface area contributed by atoms with Crippen molar-refractivity contribution in [1.29, 1.82) is 0 Å². The van der Waals surface area contributed by atoms with Gasteiger partial charge in [-0.1, -0.05) is 6.08 Å². The maximum atomic E-state index is 13.0. The molecule has 1 fully saturated rings. The van der Waals surface area contributed by atoms with Crippen LogP contribution in [0.1, 0.15) is 15.9 Å². The minimum atomic E-state index is -4.43. The molecule has 7 nitrogen and oxygen atoms in total. The summed E-state index contributed by atoms with van der Waals surface area (Å²) in [4.78, 5) is 36.0. The third-order valence-electron chi connectivity index (χ3n) is 5.51. The Morgan fingerprint density at radius 1 is 1.18 bits per heavy atom. The van der Waals surface area contributed by atoms with Crippen molar-refractivity contribution in [2.45, 2.75) is 12.7 Å². The van der Waals surface area contributed by atoms with E-state index in [4.69, 9.17) is 12.2 Å². The highest BCUT2D eigenvalue weighted by Gasteiger charge is 2.31. The topological polar surface area (TPSA) is 74.2 Å². The molecule has 1 N–H and O–H groups in total. The van der Waals surface area contributed by atoms with Gasteiger partial charge in [-0.05, 0) is 42.5 Å². The smallest absolute Gasteiger partial charge is 0.353 e. The molecule has 0 bridgehead atoms. The zero-order valence-corrected chi connectivity index (χ0v) is 18.2. The highest BCUT2D eigenvalue weighted by Crippen LogP contribution is 2.29. The number of nitrogens with zero attached hydrogens (tertiary/aromatic N) is 4. The second kappa shape index (κ2) is 8.81. The number of piperazine rings is 1. The molecule has 2 aromatic heterocycles. The Bertz CT molecular complexity index is 1320. The fourth-order valence-electron chi connectivity index (χ4n) is 3.74. The van der Waals surface area contributed by atoms with E-state index < -0.39 is 11.7 Å². The van der Waals surface area contributed by atoms with Crippen LogP contribution in [-0.4, -0.2) is 51.5 Å². The molecule has 1 aliphatic heterocycles. The van der Waals surface area contributed by atoms with E-state index in [1.807, 2.05) is 4.90 Å². The van der Waals surface area contributed by atoms with Gasteiger partial charge in [0.2, 0.25) is 0 Å². The van der Waals surface area contributed by atoms with Gasteiger partial charge in [0.1, 0.15) is 5.82 Å². The van der Waals surface area contributed by atoms with Crippen molar-refractivity contribution in [3.8, 4) is 0 Å². The van der Waals surface area contributed by atoms with E-state index >= 15 is 0 Å². The quantitative estimate of drug-likeness (QED) is 0.461. The molecule has 1 aromatic carbocycles. The fourth-order valence-corrected chi connectivity index (χ4v) is 4.01. The first kappa shape index (κ1) is 22.7. The molecule has 1 saturated heterocycles. The van der Waals surface area contributed by atoms with Crippen LogP contribution in [0.2, 0.25) is 0 Å². The fraction of sp³-hybridized carbons (Fsp3) is 0.273. The highest BCUT2D eigenvalue weighted by molar-refractivity contribution is 7.71. The molecule has 3 heterocycles. The molecule has 11 heteroatoms. The van der Waals surface area contributed by atoms with Gasteiger partial charge >= 0.3 is 6.18 Å². The largest absolute Gasteiger partial charge is 0.417 e. The first-order chi connectivity index (χ1) is 15.7. The van der Waals surface area contributed by atoms with E-state index in [2.05, 4.69) is 16.5 Å². The Morgan fingerprint density at radius 3 is 2.52 bits per heavy atom. The lowest BCUT2D eigenvalue weighted by Gasteiger charge is -2.35. The first-order valence-corrected chi connectivity index (χ1v) is 10.5. The summed E-state index contributed by atoms with van der Waals surface area (Å²) in [7, 11) is 0. The Balaban J connectivity index is 1.48. The van der Waals surface area contributed by atoms with Gasteiger partial charge in [0.25, 0.3) is 11.5 Å². The lowest BCUT2D eigenvalue weighted by Crippen LogP contribution is -2.49. The third-order valence-corrected chi connectivity index (χ3v) is 5.83. The van der Waals surface area contributed by atoms with Gasteiger partial charge < -0.3 is 14.8 Å². The van der Waals surface area contributed by atoms with Crippen LogP contribution in [-0.2, 0) is 12.7 Å². The van der Waals surface area contributed by atoms with Crippen LogP contribution in [0.4, 0.5) is 19.0 Å². The van der Waals surface area contributed by atoms with Gasteiger partial charge in [-0.25, -0.2) is 4.98 Å². The maximum absolute atomic E-state index is 13.0. The van der Waals surface area contributed by atoms with Crippen LogP contribution in [0.3, 0.4) is 0 Å². The number of carbonyl (C=O) groups excluding carboxylic acids is 1. The summed E-state index contributed by atoms with van der Waals surface area (Å²) in [6.07, 6.45) is -2.04. The number of halogens is 3. The number of pyridine rings is 1. The summed E-state index contributed by atoms with van der Waals surface area (Å²) in [5.41, 5.74) is -0.171. The number of fused-ring (bicyclic) bond motifs is 1. The molecule has 172 valence electrons. The lowest BCUT2D eigenvalue weighted by molar-refractivity contribution is -0.137. The van der Waals surface area contributed by atoms with Crippen molar-refractivity contribution in [2.24, 2.45) is 0 Å². The van der Waals surface area contributed by atoms with E-state index in [0.717, 1.165) is 12.3 Å². The molecule has 1 aliphatic rings. The molecular weight excluding hydrogens is 455 g/mol. The van der Waals surface area contributed by atoms with Gasteiger partial charge in [-0.2, -0.15) is 13.2 Å². The number of benzene rings is 1. The molecule has 0 aliphatic carbocycles. The van der Waals surface area contributed by atoms with Crippen LogP contribution in [0, 0.1) is 4.77 Å². The predicted molar refractivity (Wildman–Crippen MR) is 121 cm³/mol. The van der Waals surface area contributed by atoms with Crippen LogP contribution >= 0.6 is 12.2 Å². The van der Waals surface area contributed by atoms with E-state index in [9.17, 15) is 22.8 Å². The number of H-pyrrole nitrogens is 1. The van der Waals surface area contributed by atoms with E-state index in [-0.39, 0.29) is 22.8 Å². The zero-order valence-electron chi connectivity index (χ0n) is 17.4. The minimum Gasteiger partial charge on any atom is -0.353 e. The number of aromatic amines is 1. The third kappa shape index (κ3) is 4.54. The summed E-state index contributed by atoms with van der Waals surface area (Å²) in [6.45, 7) is 5.55. The predicted octanol–water partition coefficient (Wildman–Crippen LogP) is 3.62. The van der Waals surface area contributed by atoms with Gasteiger partial charge in [-0.15, -0.1) is 6.58 Å². The summed E-state index contributed by atoms with van der Waals surface area (Å²) in [6, 6.07) is 7.15. The minimum absolute atomic E-state index is 0.202. The number of hydrogen-bond acceptors (Lipinski definition) is 5. The zero-order chi connectivity index (χ0) is 23.8. The standard InChI is InChI=1S/C22H20F3N5O2S/c1-2-7-30-20(32)16-5-3-14(12-17(16)27-21(30)33)19(31)29-10-8-28(9-11-29)18-6-4-15(13-26-18)22(23,24)25/h2-6,12-13H,1,7-11H2,(H,27,33). The summed E-state index contributed by atoms with van der Waals surface area (Å²) in [5.74, 6) is 0.232. The molecule has 33 heavy (non-hydrogen) atoms. The molecule has 0 saturated carbocycles. The molecule has 0 radical (unpaired) electrons. The number of rotatable bonds is 4. The molecule has 0 unspecified atom stereocenters. The second-order valence-corrected chi connectivity index (χ2v) is 7.96. The van der Waals surface area contributed by atoms with Crippen molar-refractivity contribution >= 4 is 34.8 Å². The number of nitrogens with one attached hydrogen (secondary N) is 1. The van der Waals surface area contributed by atoms with Crippen molar-refractivity contribution in [3.63, 3.8) is 0 Å². The van der Waals surface area contributed by atoms with Gasteiger partial charge in [0.15, 0.2) is 4.77 Å². The van der Waals surface area contributed by atoms with E-state index in [0.29, 0.717) is 48.5 Å². The first-order valence-electron chi connectivity index (χ1n) is 10.1. The van der Waals surface area contributed by atoms with Crippen LogP contribution in [0.15, 0.2) is 54.0 Å². The van der Waals surface area contributed by atoms with Crippen LogP contribution in [0.25, 0.3) is 10.9 Å². The molecule has 3 aromatic rings. The second-order valence-electron chi connectivity index (χ2n) is 7.58. The van der Waals surface area contributed by atoms with E-state index in [1.54, 1.807) is 29.2 Å². The molecule has 0 atom stereocenters. The summed E-state index contributed by atoms with van der Waals surface area (Å²) >= 11 is 5.24. The molecule has 1 amide bonds. The van der Waals surface area contributed by atoms with Crippen LogP contribution < -0.4 is 10.5 Å². The van der Waals surface area contributed by atoms with Crippen molar-refractivity contribution in [3.05, 3.63) is 75.4 Å². The number of hydrogen-bond donors (Lipinski definition) is 1. The molecule has 4 rings (SSSR count). The van der Waals surface area contributed by atoms with Gasteiger partial charge in [0, 0.05) is 44.5 Å². The average molecular weight is 475 g/mol. The maximum Gasteiger partial charge on any atom is 0.417 e. The molecule has 0 spiro atoms. The number of alkyl halides is 3. The number of amides is 1. The number of carbonyl (C=O) groups is 1. The SMILES string of the molecule is C=CCn1c(=S)[nH]c2cc(C(=O)N3CCN(c4ccc(C(F)(F)F)cn4)CC3)ccc2c1=O. The van der Waals surface area contributed by atoms with Gasteiger partial charge in [-0.3, -0.25) is 14.2 Å². The van der Waals surface area contributed by atoms with Gasteiger partial charge in [0.05, 0.1) is 16.5 Å². The van der Waals surface area contributed by atoms with E-state index in [1.165, 1.54) is 10.6 Å². The highest BCUT2D eigenvalue weighted by atomic mass is 32.1. The Kier molecular flexibility index (Phi) is 6.07. The van der Waals surface area contributed by atoms with Crippen molar-refractivity contribution < 1.29 is 18.0 Å². The van der Waals surface area contributed by atoms with Crippen molar-refractivity contribution in [1.82, 2.24) is 19.4 Å². The lowest BCUT2D eigenvalue weighted by atomic mass is 10.1. The van der Waals surface area contributed by atoms with Crippen molar-refractivity contribution in [2.75, 3.05) is 31.1 Å². The Labute approximate surface area is 191 Å². The van der Waals surface area contributed by atoms with Crippen LogP contribution in [0.5, 0.6) is 0 Å². The summed E-state index contributed by atoms with van der Waals surface area (Å²) in [5, 5.41) is 0.417. The number of allylic oxidation sites excluding steroid dienone is 1. The Morgan fingerprint density at radius 2 is 1.91 bits per heavy atom. The number of aromatic nitrogens is 3. The normalized spacial score (nSPS) is 14.5.